The summed E-state index contributed by atoms with van der Waals surface area (Å²) in [5, 5.41) is 9.31. The number of rotatable bonds is 5. The number of ether oxygens (including phenoxy) is 1. The second-order valence-electron chi connectivity index (χ2n) is 7.45. The molecule has 1 rings (SSSR count). The third-order valence-electron chi connectivity index (χ3n) is 3.91. The van der Waals surface area contributed by atoms with Crippen LogP contribution < -0.4 is 16.0 Å². The SMILES string of the molecule is CN=C(NCCNC(=O)OC(C)(C)C)NCC1CCCC(C)C1. The molecule has 1 amide bonds. The van der Waals surface area contributed by atoms with E-state index in [4.69, 9.17) is 4.74 Å². The Labute approximate surface area is 140 Å². The Morgan fingerprint density at radius 2 is 1.87 bits per heavy atom. The summed E-state index contributed by atoms with van der Waals surface area (Å²) in [4.78, 5) is 15.7. The Morgan fingerprint density at radius 3 is 2.48 bits per heavy atom. The fourth-order valence-electron chi connectivity index (χ4n) is 2.87. The fourth-order valence-corrected chi connectivity index (χ4v) is 2.87. The van der Waals surface area contributed by atoms with E-state index in [1.165, 1.54) is 25.7 Å². The number of nitrogens with one attached hydrogen (secondary N) is 3. The van der Waals surface area contributed by atoms with Crippen molar-refractivity contribution in [1.29, 1.82) is 0 Å². The van der Waals surface area contributed by atoms with E-state index < -0.39 is 11.7 Å². The first-order valence-electron chi connectivity index (χ1n) is 8.71. The highest BCUT2D eigenvalue weighted by Gasteiger charge is 2.19. The molecule has 1 saturated carbocycles. The fraction of sp³-hybridized carbons (Fsp3) is 0.882. The molecule has 0 bridgehead atoms. The highest BCUT2D eigenvalue weighted by molar-refractivity contribution is 5.79. The highest BCUT2D eigenvalue weighted by atomic mass is 16.6. The minimum absolute atomic E-state index is 0.390. The predicted octanol–water partition coefficient (Wildman–Crippen LogP) is 2.50. The van der Waals surface area contributed by atoms with Crippen LogP contribution in [-0.4, -0.2) is 44.3 Å². The molecule has 134 valence electrons. The molecule has 1 aliphatic carbocycles. The van der Waals surface area contributed by atoms with E-state index >= 15 is 0 Å². The first-order valence-corrected chi connectivity index (χ1v) is 8.71. The number of carbonyl (C=O) groups excluding carboxylic acids is 1. The molecule has 0 radical (unpaired) electrons. The molecule has 0 aromatic carbocycles. The summed E-state index contributed by atoms with van der Waals surface area (Å²) in [5.41, 5.74) is -0.466. The Bertz CT molecular complexity index is 391. The third-order valence-corrected chi connectivity index (χ3v) is 3.91. The lowest BCUT2D eigenvalue weighted by Crippen LogP contribution is -2.44. The van der Waals surface area contributed by atoms with Crippen LogP contribution in [0.4, 0.5) is 4.79 Å². The maximum atomic E-state index is 11.5. The van der Waals surface area contributed by atoms with Gasteiger partial charge in [-0.2, -0.15) is 0 Å². The summed E-state index contributed by atoms with van der Waals surface area (Å²) in [5.74, 6) is 2.36. The molecule has 23 heavy (non-hydrogen) atoms. The molecule has 0 aromatic heterocycles. The Morgan fingerprint density at radius 1 is 1.17 bits per heavy atom. The zero-order valence-corrected chi connectivity index (χ0v) is 15.4. The van der Waals surface area contributed by atoms with Gasteiger partial charge in [-0.05, 0) is 45.4 Å². The predicted molar refractivity (Wildman–Crippen MR) is 94.7 cm³/mol. The Hall–Kier alpha value is -1.46. The number of hydrogen-bond acceptors (Lipinski definition) is 3. The first kappa shape index (κ1) is 19.6. The van der Waals surface area contributed by atoms with Crippen LogP contribution in [0.1, 0.15) is 53.4 Å². The molecule has 0 aliphatic heterocycles. The normalized spacial score (nSPS) is 22.4. The molecule has 0 heterocycles. The second kappa shape index (κ2) is 9.63. The second-order valence-corrected chi connectivity index (χ2v) is 7.45. The van der Waals surface area contributed by atoms with Crippen LogP contribution in [0.15, 0.2) is 4.99 Å². The molecular formula is C17H34N4O2. The average molecular weight is 326 g/mol. The minimum atomic E-state index is -0.466. The molecule has 0 aromatic rings. The molecule has 1 aliphatic rings. The molecule has 3 N–H and O–H groups in total. The summed E-state index contributed by atoms with van der Waals surface area (Å²) in [6.45, 7) is 9.95. The van der Waals surface area contributed by atoms with Gasteiger partial charge >= 0.3 is 6.09 Å². The number of carbonyl (C=O) groups is 1. The summed E-state index contributed by atoms with van der Waals surface area (Å²) >= 11 is 0. The average Bonchev–Trinajstić information content (AvgIpc) is 2.44. The molecule has 6 nitrogen and oxygen atoms in total. The molecular weight excluding hydrogens is 292 g/mol. The number of guanidine groups is 1. The van der Waals surface area contributed by atoms with Gasteiger partial charge in [0.25, 0.3) is 0 Å². The van der Waals surface area contributed by atoms with Crippen molar-refractivity contribution in [2.75, 3.05) is 26.7 Å². The molecule has 1 fully saturated rings. The van der Waals surface area contributed by atoms with Crippen LogP contribution in [0.3, 0.4) is 0 Å². The monoisotopic (exact) mass is 326 g/mol. The Kier molecular flexibility index (Phi) is 8.20. The van der Waals surface area contributed by atoms with Crippen molar-refractivity contribution in [2.45, 2.75) is 59.0 Å². The van der Waals surface area contributed by atoms with Crippen LogP contribution in [0.5, 0.6) is 0 Å². The lowest BCUT2D eigenvalue weighted by molar-refractivity contribution is 0.0529. The van der Waals surface area contributed by atoms with E-state index in [0.29, 0.717) is 13.1 Å². The van der Waals surface area contributed by atoms with Gasteiger partial charge in [0.2, 0.25) is 0 Å². The molecule has 0 saturated heterocycles. The quantitative estimate of drug-likeness (QED) is 0.412. The minimum Gasteiger partial charge on any atom is -0.444 e. The van der Waals surface area contributed by atoms with Gasteiger partial charge in [0.15, 0.2) is 5.96 Å². The van der Waals surface area contributed by atoms with Crippen molar-refractivity contribution < 1.29 is 9.53 Å². The smallest absolute Gasteiger partial charge is 0.407 e. The van der Waals surface area contributed by atoms with E-state index in [0.717, 1.165) is 24.3 Å². The van der Waals surface area contributed by atoms with Gasteiger partial charge in [0.05, 0.1) is 0 Å². The van der Waals surface area contributed by atoms with E-state index in [9.17, 15) is 4.79 Å². The summed E-state index contributed by atoms with van der Waals surface area (Å²) in [6, 6.07) is 0. The highest BCUT2D eigenvalue weighted by Crippen LogP contribution is 2.27. The van der Waals surface area contributed by atoms with Crippen molar-refractivity contribution in [3.8, 4) is 0 Å². The van der Waals surface area contributed by atoms with Gasteiger partial charge in [-0.15, -0.1) is 0 Å². The lowest BCUT2D eigenvalue weighted by Gasteiger charge is -2.27. The van der Waals surface area contributed by atoms with Gasteiger partial charge in [0.1, 0.15) is 5.60 Å². The number of nitrogens with zero attached hydrogens (tertiary/aromatic N) is 1. The van der Waals surface area contributed by atoms with Crippen molar-refractivity contribution in [1.82, 2.24) is 16.0 Å². The van der Waals surface area contributed by atoms with Crippen LogP contribution in [0.2, 0.25) is 0 Å². The van der Waals surface area contributed by atoms with Crippen LogP contribution in [0, 0.1) is 11.8 Å². The van der Waals surface area contributed by atoms with Crippen molar-refractivity contribution in [3.63, 3.8) is 0 Å². The number of hydrogen-bond donors (Lipinski definition) is 3. The molecule has 6 heteroatoms. The van der Waals surface area contributed by atoms with E-state index in [1.807, 2.05) is 20.8 Å². The number of alkyl carbamates (subject to hydrolysis) is 1. The number of aliphatic imine (C=N–C) groups is 1. The lowest BCUT2D eigenvalue weighted by atomic mass is 9.82. The van der Waals surface area contributed by atoms with Gasteiger partial charge in [0, 0.05) is 26.7 Å². The van der Waals surface area contributed by atoms with Gasteiger partial charge in [-0.25, -0.2) is 4.79 Å². The molecule has 2 atom stereocenters. The number of amides is 1. The zero-order chi connectivity index (χ0) is 17.3. The van der Waals surface area contributed by atoms with Crippen LogP contribution in [0.25, 0.3) is 0 Å². The third kappa shape index (κ3) is 9.31. The largest absolute Gasteiger partial charge is 0.444 e. The van der Waals surface area contributed by atoms with Crippen LogP contribution >= 0.6 is 0 Å². The van der Waals surface area contributed by atoms with Gasteiger partial charge < -0.3 is 20.7 Å². The summed E-state index contributed by atoms with van der Waals surface area (Å²) in [7, 11) is 1.76. The van der Waals surface area contributed by atoms with E-state index in [-0.39, 0.29) is 0 Å². The van der Waals surface area contributed by atoms with Crippen molar-refractivity contribution in [3.05, 3.63) is 0 Å². The molecule has 0 spiro atoms. The van der Waals surface area contributed by atoms with Crippen LogP contribution in [-0.2, 0) is 4.74 Å². The first-order chi connectivity index (χ1) is 10.8. The standard InChI is InChI=1S/C17H34N4O2/c1-13-7-6-8-14(11-13)12-21-15(18-5)19-9-10-20-16(22)23-17(2,3)4/h13-14H,6-12H2,1-5H3,(H,20,22)(H2,18,19,21). The maximum absolute atomic E-state index is 11.5. The topological polar surface area (TPSA) is 74.8 Å². The van der Waals surface area contributed by atoms with Gasteiger partial charge in [-0.1, -0.05) is 19.8 Å². The summed E-state index contributed by atoms with van der Waals surface area (Å²) in [6.07, 6.45) is 4.90. The van der Waals surface area contributed by atoms with E-state index in [1.54, 1.807) is 7.05 Å². The zero-order valence-electron chi connectivity index (χ0n) is 15.4. The summed E-state index contributed by atoms with van der Waals surface area (Å²) < 4.78 is 5.18. The van der Waals surface area contributed by atoms with Crippen molar-refractivity contribution in [2.24, 2.45) is 16.8 Å². The van der Waals surface area contributed by atoms with Crippen molar-refractivity contribution >= 4 is 12.1 Å². The maximum Gasteiger partial charge on any atom is 0.407 e. The Balaban J connectivity index is 2.15. The van der Waals surface area contributed by atoms with Gasteiger partial charge in [-0.3, -0.25) is 4.99 Å². The van der Waals surface area contributed by atoms with E-state index in [2.05, 4.69) is 27.9 Å². The molecule has 2 unspecified atom stereocenters.